The van der Waals surface area contributed by atoms with Crippen molar-refractivity contribution in [2.45, 2.75) is 0 Å². The molecule has 23 heavy (non-hydrogen) atoms. The predicted octanol–water partition coefficient (Wildman–Crippen LogP) is 1.03. The van der Waals surface area contributed by atoms with Crippen LogP contribution in [0.4, 0.5) is 0 Å². The van der Waals surface area contributed by atoms with E-state index in [1.54, 1.807) is 24.3 Å². The van der Waals surface area contributed by atoms with Gasteiger partial charge in [0.1, 0.15) is 19.8 Å². The van der Waals surface area contributed by atoms with Crippen LogP contribution in [0.15, 0.2) is 24.3 Å². The van der Waals surface area contributed by atoms with E-state index in [1.165, 1.54) is 18.1 Å². The van der Waals surface area contributed by atoms with Crippen LogP contribution in [0.25, 0.3) is 6.08 Å². The van der Waals surface area contributed by atoms with Crippen molar-refractivity contribution in [1.29, 1.82) is 0 Å². The third-order valence-electron chi connectivity index (χ3n) is 3.19. The normalized spacial score (nSPS) is 13.1. The summed E-state index contributed by atoms with van der Waals surface area (Å²) in [4.78, 5) is 24.1. The molecule has 0 bridgehead atoms. The summed E-state index contributed by atoms with van der Waals surface area (Å²) < 4.78 is 15.8. The number of rotatable bonds is 7. The first-order chi connectivity index (χ1) is 11.1. The van der Waals surface area contributed by atoms with Gasteiger partial charge in [0, 0.05) is 19.7 Å². The average Bonchev–Trinajstić information content (AvgIpc) is 2.56. The average molecular weight is 321 g/mol. The molecule has 124 valence electrons. The topological polar surface area (TPSA) is 85.3 Å². The van der Waals surface area contributed by atoms with E-state index in [9.17, 15) is 9.59 Å². The van der Waals surface area contributed by atoms with E-state index in [0.29, 0.717) is 24.7 Å². The summed E-state index contributed by atoms with van der Waals surface area (Å²) >= 11 is 0. The van der Waals surface area contributed by atoms with Crippen LogP contribution in [0.1, 0.15) is 5.56 Å². The molecule has 0 fully saturated rings. The van der Waals surface area contributed by atoms with Crippen molar-refractivity contribution in [1.82, 2.24) is 4.90 Å². The minimum absolute atomic E-state index is 0.215. The number of hydrogen-bond acceptors (Lipinski definition) is 5. The second-order valence-corrected chi connectivity index (χ2v) is 4.88. The first kappa shape index (κ1) is 16.8. The van der Waals surface area contributed by atoms with Crippen molar-refractivity contribution < 1.29 is 28.9 Å². The highest BCUT2D eigenvalue weighted by Gasteiger charge is 2.14. The lowest BCUT2D eigenvalue weighted by atomic mass is 10.1. The summed E-state index contributed by atoms with van der Waals surface area (Å²) in [6.45, 7) is 1.13. The Labute approximate surface area is 134 Å². The number of carboxylic acid groups (broad SMARTS) is 1. The quantitative estimate of drug-likeness (QED) is 0.755. The van der Waals surface area contributed by atoms with Gasteiger partial charge in [0.2, 0.25) is 5.91 Å². The lowest BCUT2D eigenvalue weighted by Crippen LogP contribution is -2.36. The van der Waals surface area contributed by atoms with Gasteiger partial charge in [-0.05, 0) is 23.8 Å². The Hall–Kier alpha value is -2.54. The van der Waals surface area contributed by atoms with Crippen LogP contribution >= 0.6 is 0 Å². The number of fused-ring (bicyclic) bond motifs is 1. The van der Waals surface area contributed by atoms with Crippen molar-refractivity contribution in [3.63, 3.8) is 0 Å². The highest BCUT2D eigenvalue weighted by atomic mass is 16.6. The van der Waals surface area contributed by atoms with Crippen molar-refractivity contribution in [2.24, 2.45) is 0 Å². The fourth-order valence-electron chi connectivity index (χ4n) is 2.07. The van der Waals surface area contributed by atoms with Gasteiger partial charge in [-0.15, -0.1) is 0 Å². The third kappa shape index (κ3) is 5.00. The lowest BCUT2D eigenvalue weighted by molar-refractivity contribution is -0.143. The van der Waals surface area contributed by atoms with Gasteiger partial charge in [-0.3, -0.25) is 9.59 Å². The second kappa shape index (κ2) is 8.19. The van der Waals surface area contributed by atoms with Crippen LogP contribution in [0.2, 0.25) is 0 Å². The molecule has 0 aromatic heterocycles. The van der Waals surface area contributed by atoms with Gasteiger partial charge in [-0.25, -0.2) is 0 Å². The molecular formula is C16H19NO6. The van der Waals surface area contributed by atoms with Crippen molar-refractivity contribution in [3.8, 4) is 11.5 Å². The number of nitrogens with zero attached hydrogens (tertiary/aromatic N) is 1. The maximum absolute atomic E-state index is 12.1. The minimum Gasteiger partial charge on any atom is -0.486 e. The molecule has 1 aliphatic heterocycles. The first-order valence-corrected chi connectivity index (χ1v) is 7.17. The molecule has 2 rings (SSSR count). The first-order valence-electron chi connectivity index (χ1n) is 7.17. The number of carbonyl (C=O) groups is 2. The van der Waals surface area contributed by atoms with Gasteiger partial charge < -0.3 is 24.2 Å². The number of benzene rings is 1. The predicted molar refractivity (Wildman–Crippen MR) is 82.6 cm³/mol. The molecule has 7 heteroatoms. The highest BCUT2D eigenvalue weighted by molar-refractivity contribution is 5.93. The maximum atomic E-state index is 12.1. The van der Waals surface area contributed by atoms with Gasteiger partial charge >= 0.3 is 5.97 Å². The Morgan fingerprint density at radius 2 is 2.04 bits per heavy atom. The number of methoxy groups -OCH3 is 1. The molecule has 1 heterocycles. The molecule has 1 N–H and O–H groups in total. The van der Waals surface area contributed by atoms with Crippen LogP contribution in [0, 0.1) is 0 Å². The third-order valence-corrected chi connectivity index (χ3v) is 3.19. The van der Waals surface area contributed by atoms with Crippen LogP contribution in [-0.2, 0) is 14.3 Å². The molecule has 0 saturated carbocycles. The molecule has 1 aromatic rings. The Morgan fingerprint density at radius 1 is 1.30 bits per heavy atom. The van der Waals surface area contributed by atoms with Crippen LogP contribution in [0.5, 0.6) is 11.5 Å². The SMILES string of the molecule is COCCN(CC(=O)O)C(=O)C=Cc1ccc2c(c1)OCCO2. The molecule has 0 spiro atoms. The van der Waals surface area contributed by atoms with E-state index >= 15 is 0 Å². The zero-order chi connectivity index (χ0) is 16.7. The second-order valence-electron chi connectivity index (χ2n) is 4.88. The molecule has 1 aliphatic rings. The van der Waals surface area contributed by atoms with Crippen molar-refractivity contribution in [3.05, 3.63) is 29.8 Å². The molecule has 0 saturated heterocycles. The number of carboxylic acids is 1. The van der Waals surface area contributed by atoms with Gasteiger partial charge in [0.25, 0.3) is 0 Å². The summed E-state index contributed by atoms with van der Waals surface area (Å²) in [6.07, 6.45) is 2.95. The number of carbonyl (C=O) groups excluding carboxylic acids is 1. The van der Waals surface area contributed by atoms with Crippen molar-refractivity contribution in [2.75, 3.05) is 40.0 Å². The van der Waals surface area contributed by atoms with Crippen LogP contribution in [0.3, 0.4) is 0 Å². The zero-order valence-electron chi connectivity index (χ0n) is 12.9. The van der Waals surface area contributed by atoms with Gasteiger partial charge in [-0.2, -0.15) is 0 Å². The number of amides is 1. The summed E-state index contributed by atoms with van der Waals surface area (Å²) in [7, 11) is 1.49. The van der Waals surface area contributed by atoms with E-state index in [-0.39, 0.29) is 25.6 Å². The maximum Gasteiger partial charge on any atom is 0.323 e. The molecule has 0 aliphatic carbocycles. The van der Waals surface area contributed by atoms with Gasteiger partial charge in [0.05, 0.1) is 6.61 Å². The van der Waals surface area contributed by atoms with Crippen LogP contribution in [-0.4, -0.2) is 61.9 Å². The van der Waals surface area contributed by atoms with E-state index in [4.69, 9.17) is 19.3 Å². The lowest BCUT2D eigenvalue weighted by Gasteiger charge is -2.19. The van der Waals surface area contributed by atoms with Gasteiger partial charge in [-0.1, -0.05) is 6.07 Å². The smallest absolute Gasteiger partial charge is 0.323 e. The van der Waals surface area contributed by atoms with Crippen molar-refractivity contribution >= 4 is 18.0 Å². The Morgan fingerprint density at radius 3 is 2.74 bits per heavy atom. The van der Waals surface area contributed by atoms with E-state index < -0.39 is 5.97 Å². The van der Waals surface area contributed by atoms with Gasteiger partial charge in [0.15, 0.2) is 11.5 Å². The summed E-state index contributed by atoms with van der Waals surface area (Å²) in [5, 5.41) is 8.86. The molecule has 1 aromatic carbocycles. The minimum atomic E-state index is -1.07. The largest absolute Gasteiger partial charge is 0.486 e. The molecule has 1 amide bonds. The number of ether oxygens (including phenoxy) is 3. The molecule has 0 atom stereocenters. The Balaban J connectivity index is 2.04. The van der Waals surface area contributed by atoms with Crippen LogP contribution < -0.4 is 9.47 Å². The summed E-state index contributed by atoms with van der Waals surface area (Å²) in [5.74, 6) is -0.151. The Kier molecular flexibility index (Phi) is 5.99. The van der Waals surface area contributed by atoms with E-state index in [2.05, 4.69) is 0 Å². The highest BCUT2D eigenvalue weighted by Crippen LogP contribution is 2.31. The molecular weight excluding hydrogens is 302 g/mol. The number of hydrogen-bond donors (Lipinski definition) is 1. The monoisotopic (exact) mass is 321 g/mol. The number of aliphatic carboxylic acids is 1. The summed E-state index contributed by atoms with van der Waals surface area (Å²) in [6, 6.07) is 5.35. The molecule has 0 unspecified atom stereocenters. The Bertz CT molecular complexity index is 598. The fourth-order valence-corrected chi connectivity index (χ4v) is 2.07. The molecule has 7 nitrogen and oxygen atoms in total. The summed E-state index contributed by atoms with van der Waals surface area (Å²) in [5.41, 5.74) is 0.768. The zero-order valence-corrected chi connectivity index (χ0v) is 12.9. The molecule has 0 radical (unpaired) electrons. The van der Waals surface area contributed by atoms with E-state index in [0.717, 1.165) is 5.56 Å². The van der Waals surface area contributed by atoms with E-state index in [1.807, 2.05) is 0 Å². The standard InChI is InChI=1S/C16H19NO6/c1-21-7-6-17(11-16(19)20)15(18)5-3-12-2-4-13-14(10-12)23-9-8-22-13/h2-5,10H,6-9,11H2,1H3,(H,19,20). The fraction of sp³-hybridized carbons (Fsp3) is 0.375.